The van der Waals surface area contributed by atoms with Crippen LogP contribution in [-0.2, 0) is 16.1 Å². The Kier molecular flexibility index (Phi) is 6.90. The van der Waals surface area contributed by atoms with Gasteiger partial charge in [0.15, 0.2) is 6.61 Å². The number of methoxy groups -OCH3 is 1. The molecule has 1 heterocycles. The first kappa shape index (κ1) is 24.1. The Morgan fingerprint density at radius 1 is 0.838 bits per heavy atom. The third-order valence-electron chi connectivity index (χ3n) is 6.47. The van der Waals surface area contributed by atoms with Gasteiger partial charge in [0.25, 0.3) is 5.91 Å². The summed E-state index contributed by atoms with van der Waals surface area (Å²) in [7, 11) is 1.33. The number of carbonyl (C=O) groups excluding carboxylic acids is 2. The van der Waals surface area contributed by atoms with Crippen LogP contribution in [-0.4, -0.2) is 25.6 Å². The van der Waals surface area contributed by atoms with E-state index in [2.05, 4.69) is 21.8 Å². The Bertz CT molecular complexity index is 1390. The van der Waals surface area contributed by atoms with Crippen LogP contribution in [0.3, 0.4) is 0 Å². The van der Waals surface area contributed by atoms with Crippen LogP contribution in [0.4, 0.5) is 11.4 Å². The number of aryl methyl sites for hydroxylation is 1. The highest BCUT2D eigenvalue weighted by Crippen LogP contribution is 2.42. The molecular formula is C31H28N2O4. The van der Waals surface area contributed by atoms with Gasteiger partial charge in [-0.15, -0.1) is 0 Å². The topological polar surface area (TPSA) is 59.1 Å². The fourth-order valence-corrected chi connectivity index (χ4v) is 4.60. The molecule has 1 aliphatic heterocycles. The van der Waals surface area contributed by atoms with Crippen molar-refractivity contribution in [1.29, 1.82) is 0 Å². The van der Waals surface area contributed by atoms with Crippen LogP contribution >= 0.6 is 0 Å². The monoisotopic (exact) mass is 492 g/mol. The van der Waals surface area contributed by atoms with Crippen molar-refractivity contribution in [3.05, 3.63) is 125 Å². The van der Waals surface area contributed by atoms with E-state index < -0.39 is 12.1 Å². The maximum atomic E-state index is 14.0. The Labute approximate surface area is 216 Å². The summed E-state index contributed by atoms with van der Waals surface area (Å²) in [5.74, 6) is 0.0473. The van der Waals surface area contributed by atoms with E-state index in [9.17, 15) is 9.59 Å². The molecule has 0 aliphatic carbocycles. The zero-order chi connectivity index (χ0) is 25.8. The first-order chi connectivity index (χ1) is 18.0. The van der Waals surface area contributed by atoms with E-state index in [0.29, 0.717) is 17.9 Å². The Morgan fingerprint density at radius 2 is 1.51 bits per heavy atom. The maximum Gasteiger partial charge on any atom is 0.343 e. The van der Waals surface area contributed by atoms with E-state index in [0.717, 1.165) is 28.1 Å². The predicted octanol–water partition coefficient (Wildman–Crippen LogP) is 5.91. The van der Waals surface area contributed by atoms with Gasteiger partial charge in [-0.25, -0.2) is 4.79 Å². The number of ether oxygens (including phenoxy) is 2. The number of benzene rings is 4. The number of fused-ring (bicyclic) bond motifs is 1. The number of rotatable bonds is 7. The van der Waals surface area contributed by atoms with E-state index in [4.69, 9.17) is 4.74 Å². The molecule has 0 saturated carbocycles. The van der Waals surface area contributed by atoms with Crippen molar-refractivity contribution in [3.8, 4) is 5.75 Å². The zero-order valence-corrected chi connectivity index (χ0v) is 20.8. The van der Waals surface area contributed by atoms with Gasteiger partial charge in [-0.3, -0.25) is 9.69 Å². The van der Waals surface area contributed by atoms with Gasteiger partial charge >= 0.3 is 5.97 Å². The fraction of sp³-hybridized carbons (Fsp3) is 0.161. The second-order valence-electron chi connectivity index (χ2n) is 8.95. The lowest BCUT2D eigenvalue weighted by Gasteiger charge is -2.46. The molecule has 1 amide bonds. The van der Waals surface area contributed by atoms with Gasteiger partial charge in [0.1, 0.15) is 11.9 Å². The van der Waals surface area contributed by atoms with Crippen LogP contribution in [0, 0.1) is 6.92 Å². The second kappa shape index (κ2) is 10.6. The summed E-state index contributed by atoms with van der Waals surface area (Å²) < 4.78 is 10.2. The fourth-order valence-electron chi connectivity index (χ4n) is 4.60. The van der Waals surface area contributed by atoms with E-state index >= 15 is 0 Å². The minimum Gasteiger partial charge on any atom is -0.482 e. The van der Waals surface area contributed by atoms with Gasteiger partial charge < -0.3 is 14.4 Å². The highest BCUT2D eigenvalue weighted by atomic mass is 16.6. The number of esters is 1. The average molecular weight is 493 g/mol. The van der Waals surface area contributed by atoms with Gasteiger partial charge in [-0.2, -0.15) is 0 Å². The number of amides is 1. The molecule has 37 heavy (non-hydrogen) atoms. The Morgan fingerprint density at radius 3 is 2.22 bits per heavy atom. The minimum atomic E-state index is -0.446. The van der Waals surface area contributed by atoms with Crippen molar-refractivity contribution in [2.24, 2.45) is 0 Å². The molecule has 0 unspecified atom stereocenters. The van der Waals surface area contributed by atoms with Gasteiger partial charge in [0, 0.05) is 12.2 Å². The van der Waals surface area contributed by atoms with E-state index in [-0.39, 0.29) is 12.5 Å². The SMILES string of the molecule is COC(=O)COc1ccc([C@@H]2N(Cc3ccccc3)c3ccccc3C(=O)N2c2ccc(C)cc2)cc1. The molecule has 0 spiro atoms. The minimum absolute atomic E-state index is 0.0558. The summed E-state index contributed by atoms with van der Waals surface area (Å²) in [6, 6.07) is 33.5. The highest BCUT2D eigenvalue weighted by Gasteiger charge is 2.39. The van der Waals surface area contributed by atoms with E-state index in [1.165, 1.54) is 7.11 Å². The molecule has 4 aromatic rings. The number of hydrogen-bond acceptors (Lipinski definition) is 5. The van der Waals surface area contributed by atoms with Crippen molar-refractivity contribution in [2.45, 2.75) is 19.6 Å². The number of hydrogen-bond donors (Lipinski definition) is 0. The maximum absolute atomic E-state index is 14.0. The number of nitrogens with zero attached hydrogens (tertiary/aromatic N) is 2. The molecule has 0 aromatic heterocycles. The highest BCUT2D eigenvalue weighted by molar-refractivity contribution is 6.12. The molecule has 6 nitrogen and oxygen atoms in total. The normalized spacial score (nSPS) is 14.8. The molecule has 4 aromatic carbocycles. The van der Waals surface area contributed by atoms with Crippen molar-refractivity contribution >= 4 is 23.3 Å². The molecule has 186 valence electrons. The molecule has 0 radical (unpaired) electrons. The predicted molar refractivity (Wildman–Crippen MR) is 144 cm³/mol. The third-order valence-corrected chi connectivity index (χ3v) is 6.47. The molecule has 0 N–H and O–H groups in total. The standard InChI is InChI=1S/C31H28N2O4/c1-22-12-16-25(17-13-22)33-30(24-14-18-26(19-15-24)37-21-29(34)36-2)32(20-23-8-4-3-5-9-23)28-11-7-6-10-27(28)31(33)35/h3-19,30H,20-21H2,1-2H3/t30-/m1/s1. The Hall–Kier alpha value is -4.58. The van der Waals surface area contributed by atoms with Crippen molar-refractivity contribution in [2.75, 3.05) is 23.5 Å². The summed E-state index contributed by atoms with van der Waals surface area (Å²) in [6.45, 7) is 2.48. The molecule has 0 saturated heterocycles. The summed E-state index contributed by atoms with van der Waals surface area (Å²) >= 11 is 0. The quantitative estimate of drug-likeness (QED) is 0.300. The number of anilines is 2. The van der Waals surface area contributed by atoms with Crippen LogP contribution in [0.15, 0.2) is 103 Å². The molecule has 0 bridgehead atoms. The largest absolute Gasteiger partial charge is 0.482 e. The second-order valence-corrected chi connectivity index (χ2v) is 8.95. The lowest BCUT2D eigenvalue weighted by Crippen LogP contribution is -2.49. The van der Waals surface area contributed by atoms with Crippen LogP contribution in [0.2, 0.25) is 0 Å². The average Bonchev–Trinajstić information content (AvgIpc) is 2.94. The molecule has 1 aliphatic rings. The van der Waals surface area contributed by atoms with Gasteiger partial charge in [-0.1, -0.05) is 72.3 Å². The van der Waals surface area contributed by atoms with E-state index in [1.54, 1.807) is 0 Å². The molecule has 6 heteroatoms. The first-order valence-electron chi connectivity index (χ1n) is 12.1. The van der Waals surface area contributed by atoms with Crippen LogP contribution < -0.4 is 14.5 Å². The summed E-state index contributed by atoms with van der Waals surface area (Å²) in [5, 5.41) is 0. The third kappa shape index (κ3) is 5.05. The van der Waals surface area contributed by atoms with Gasteiger partial charge in [-0.05, 0) is 54.4 Å². The number of para-hydroxylation sites is 1. The molecule has 5 rings (SSSR count). The first-order valence-corrected chi connectivity index (χ1v) is 12.1. The van der Waals surface area contributed by atoms with Crippen LogP contribution in [0.1, 0.15) is 33.2 Å². The van der Waals surface area contributed by atoms with Crippen LogP contribution in [0.5, 0.6) is 5.75 Å². The summed E-state index contributed by atoms with van der Waals surface area (Å²) in [6.07, 6.45) is -0.403. The van der Waals surface area contributed by atoms with E-state index in [1.807, 2.05) is 103 Å². The number of carbonyl (C=O) groups is 2. The molecule has 1 atom stereocenters. The van der Waals surface area contributed by atoms with Crippen LogP contribution in [0.25, 0.3) is 0 Å². The summed E-state index contributed by atoms with van der Waals surface area (Å²) in [5.41, 5.74) is 5.55. The Balaban J connectivity index is 1.61. The van der Waals surface area contributed by atoms with Gasteiger partial charge in [0.2, 0.25) is 0 Å². The molecule has 0 fully saturated rings. The van der Waals surface area contributed by atoms with Crippen molar-refractivity contribution in [3.63, 3.8) is 0 Å². The smallest absolute Gasteiger partial charge is 0.343 e. The van der Waals surface area contributed by atoms with Crippen molar-refractivity contribution < 1.29 is 19.1 Å². The lowest BCUT2D eigenvalue weighted by molar-refractivity contribution is -0.142. The molecular weight excluding hydrogens is 464 g/mol. The summed E-state index contributed by atoms with van der Waals surface area (Å²) in [4.78, 5) is 29.6. The zero-order valence-electron chi connectivity index (χ0n) is 20.8. The lowest BCUT2D eigenvalue weighted by atomic mass is 9.99. The van der Waals surface area contributed by atoms with Crippen molar-refractivity contribution in [1.82, 2.24) is 0 Å². The van der Waals surface area contributed by atoms with Gasteiger partial charge in [0.05, 0.1) is 18.4 Å².